The van der Waals surface area contributed by atoms with Crippen molar-refractivity contribution in [1.82, 2.24) is 14.7 Å². The van der Waals surface area contributed by atoms with E-state index in [-0.39, 0.29) is 11.8 Å². The maximum atomic E-state index is 12.3. The summed E-state index contributed by atoms with van der Waals surface area (Å²) in [7, 11) is 1.84. The van der Waals surface area contributed by atoms with Crippen molar-refractivity contribution in [2.24, 2.45) is 0 Å². The van der Waals surface area contributed by atoms with Crippen molar-refractivity contribution in [3.8, 4) is 0 Å². The van der Waals surface area contributed by atoms with Crippen molar-refractivity contribution in [3.05, 3.63) is 57.8 Å². The molecule has 2 aliphatic heterocycles. The zero-order valence-corrected chi connectivity index (χ0v) is 16.2. The lowest BCUT2D eigenvalue weighted by molar-refractivity contribution is 0.0780. The molecular weight excluding hydrogens is 374 g/mol. The van der Waals surface area contributed by atoms with E-state index in [9.17, 15) is 9.59 Å². The molecule has 2 aromatic heterocycles. The standard InChI is InChI=1S/C20H19N5O2S/c1-23-6-4-13-10-15(2-3-16(13)20(23)27)24-7-8-25-18(24)11-17(22-25)21-19(26)14-5-9-28-12-14/h2-3,5,9-12H,4,6-8H2,1H3,(H,21,22,26). The van der Waals surface area contributed by atoms with Crippen molar-refractivity contribution < 1.29 is 9.59 Å². The van der Waals surface area contributed by atoms with Crippen LogP contribution in [0.2, 0.25) is 0 Å². The highest BCUT2D eigenvalue weighted by Gasteiger charge is 2.26. The summed E-state index contributed by atoms with van der Waals surface area (Å²) < 4.78 is 1.90. The second-order valence-corrected chi connectivity index (χ2v) is 7.83. The van der Waals surface area contributed by atoms with E-state index in [1.807, 2.05) is 40.7 Å². The molecule has 1 N–H and O–H groups in total. The predicted molar refractivity (Wildman–Crippen MR) is 109 cm³/mol. The summed E-state index contributed by atoms with van der Waals surface area (Å²) in [4.78, 5) is 28.5. The molecule has 0 saturated heterocycles. The van der Waals surface area contributed by atoms with Crippen LogP contribution in [0.3, 0.4) is 0 Å². The van der Waals surface area contributed by atoms with Gasteiger partial charge in [-0.25, -0.2) is 4.68 Å². The van der Waals surface area contributed by atoms with Crippen molar-refractivity contribution in [2.45, 2.75) is 13.0 Å². The fourth-order valence-corrected chi connectivity index (χ4v) is 4.40. The predicted octanol–water partition coefficient (Wildman–Crippen LogP) is 2.98. The molecule has 0 unspecified atom stereocenters. The van der Waals surface area contributed by atoms with Gasteiger partial charge in [-0.2, -0.15) is 16.4 Å². The lowest BCUT2D eigenvalue weighted by Crippen LogP contribution is -2.34. The molecule has 0 aliphatic carbocycles. The van der Waals surface area contributed by atoms with E-state index in [4.69, 9.17) is 0 Å². The summed E-state index contributed by atoms with van der Waals surface area (Å²) in [5, 5.41) is 11.1. The van der Waals surface area contributed by atoms with Crippen LogP contribution in [0.1, 0.15) is 26.3 Å². The molecule has 0 radical (unpaired) electrons. The van der Waals surface area contributed by atoms with Crippen molar-refractivity contribution in [1.29, 1.82) is 0 Å². The Hall–Kier alpha value is -3.13. The first kappa shape index (κ1) is 17.0. The molecule has 2 aliphatic rings. The molecule has 0 spiro atoms. The number of benzene rings is 1. The van der Waals surface area contributed by atoms with E-state index in [0.717, 1.165) is 48.7 Å². The molecule has 7 nitrogen and oxygen atoms in total. The first-order valence-electron chi connectivity index (χ1n) is 9.17. The maximum absolute atomic E-state index is 12.3. The highest BCUT2D eigenvalue weighted by atomic mass is 32.1. The number of amides is 2. The molecule has 4 heterocycles. The number of nitrogens with zero attached hydrogens (tertiary/aromatic N) is 4. The number of fused-ring (bicyclic) bond motifs is 2. The first-order chi connectivity index (χ1) is 13.6. The number of hydrogen-bond acceptors (Lipinski definition) is 5. The van der Waals surface area contributed by atoms with E-state index in [0.29, 0.717) is 11.4 Å². The average Bonchev–Trinajstić information content (AvgIpc) is 3.41. The van der Waals surface area contributed by atoms with Crippen LogP contribution in [0, 0.1) is 0 Å². The maximum Gasteiger partial charge on any atom is 0.257 e. The second-order valence-electron chi connectivity index (χ2n) is 7.05. The lowest BCUT2D eigenvalue weighted by atomic mass is 9.98. The number of likely N-dealkylation sites (N-methyl/N-ethyl adjacent to an activating group) is 1. The monoisotopic (exact) mass is 393 g/mol. The molecule has 0 bridgehead atoms. The number of carbonyl (C=O) groups excluding carboxylic acids is 2. The molecule has 0 atom stereocenters. The van der Waals surface area contributed by atoms with Crippen molar-refractivity contribution in [3.63, 3.8) is 0 Å². The van der Waals surface area contributed by atoms with Gasteiger partial charge in [-0.1, -0.05) is 0 Å². The summed E-state index contributed by atoms with van der Waals surface area (Å²) in [5.74, 6) is 1.42. The molecule has 8 heteroatoms. The van der Waals surface area contributed by atoms with Crippen molar-refractivity contribution >= 4 is 40.5 Å². The van der Waals surface area contributed by atoms with Gasteiger partial charge < -0.3 is 15.1 Å². The summed E-state index contributed by atoms with van der Waals surface area (Å²) in [6, 6.07) is 9.70. The SMILES string of the molecule is CN1CCc2cc(N3CCn4nc(NC(=O)c5ccsc5)cc43)ccc2C1=O. The highest BCUT2D eigenvalue weighted by molar-refractivity contribution is 7.08. The van der Waals surface area contributed by atoms with Crippen LogP contribution in [0.25, 0.3) is 0 Å². The van der Waals surface area contributed by atoms with Crippen LogP contribution in [-0.4, -0.2) is 46.6 Å². The summed E-state index contributed by atoms with van der Waals surface area (Å²) >= 11 is 1.49. The first-order valence-corrected chi connectivity index (χ1v) is 10.1. The molecule has 5 rings (SSSR count). The Morgan fingerprint density at radius 3 is 2.89 bits per heavy atom. The quantitative estimate of drug-likeness (QED) is 0.743. The van der Waals surface area contributed by atoms with Gasteiger partial charge in [0.25, 0.3) is 11.8 Å². The molecule has 2 amide bonds. The number of aromatic nitrogens is 2. The van der Waals surface area contributed by atoms with Gasteiger partial charge in [0.2, 0.25) is 0 Å². The number of hydrogen-bond donors (Lipinski definition) is 1. The third-order valence-electron chi connectivity index (χ3n) is 5.29. The largest absolute Gasteiger partial charge is 0.341 e. The lowest BCUT2D eigenvalue weighted by Gasteiger charge is -2.26. The molecule has 0 saturated carbocycles. The Morgan fingerprint density at radius 2 is 2.07 bits per heavy atom. The Morgan fingerprint density at radius 1 is 1.18 bits per heavy atom. The molecule has 28 heavy (non-hydrogen) atoms. The minimum absolute atomic E-state index is 0.0812. The third kappa shape index (κ3) is 2.77. The topological polar surface area (TPSA) is 70.5 Å². The Kier molecular flexibility index (Phi) is 3.94. The second kappa shape index (κ2) is 6.49. The smallest absolute Gasteiger partial charge is 0.257 e. The number of thiophene rings is 1. The van der Waals surface area contributed by atoms with Gasteiger partial charge in [0.05, 0.1) is 12.1 Å². The van der Waals surface area contributed by atoms with Crippen LogP contribution in [0.15, 0.2) is 41.1 Å². The average molecular weight is 393 g/mol. The molecule has 0 fully saturated rings. The van der Waals surface area contributed by atoms with Crippen LogP contribution in [0.4, 0.5) is 17.3 Å². The summed E-state index contributed by atoms with van der Waals surface area (Å²) in [6.45, 7) is 2.31. The van der Waals surface area contributed by atoms with E-state index >= 15 is 0 Å². The van der Waals surface area contributed by atoms with Gasteiger partial charge in [-0.15, -0.1) is 0 Å². The normalized spacial score (nSPS) is 15.5. The zero-order valence-electron chi connectivity index (χ0n) is 15.4. The zero-order chi connectivity index (χ0) is 19.3. The fourth-order valence-electron chi connectivity index (χ4n) is 3.76. The van der Waals surface area contributed by atoms with E-state index in [1.165, 1.54) is 11.3 Å². The van der Waals surface area contributed by atoms with Gasteiger partial charge in [0.1, 0.15) is 5.82 Å². The number of rotatable bonds is 3. The Labute approximate surface area is 166 Å². The van der Waals surface area contributed by atoms with E-state index in [1.54, 1.807) is 11.0 Å². The van der Waals surface area contributed by atoms with Gasteiger partial charge in [0.15, 0.2) is 5.82 Å². The minimum atomic E-state index is -0.152. The Bertz CT molecular complexity index is 1070. The van der Waals surface area contributed by atoms with Gasteiger partial charge in [-0.05, 0) is 41.6 Å². The van der Waals surface area contributed by atoms with Gasteiger partial charge in [-0.3, -0.25) is 9.59 Å². The number of carbonyl (C=O) groups is 2. The van der Waals surface area contributed by atoms with Crippen LogP contribution in [0.5, 0.6) is 0 Å². The molecule has 1 aromatic carbocycles. The van der Waals surface area contributed by atoms with Crippen LogP contribution >= 0.6 is 11.3 Å². The Balaban J connectivity index is 1.40. The summed E-state index contributed by atoms with van der Waals surface area (Å²) in [6.07, 6.45) is 0.862. The van der Waals surface area contributed by atoms with E-state index in [2.05, 4.69) is 21.4 Å². The van der Waals surface area contributed by atoms with Crippen molar-refractivity contribution in [2.75, 3.05) is 30.4 Å². The van der Waals surface area contributed by atoms with E-state index < -0.39 is 0 Å². The minimum Gasteiger partial charge on any atom is -0.341 e. The fraction of sp³-hybridized carbons (Fsp3) is 0.250. The number of nitrogens with one attached hydrogen (secondary N) is 1. The third-order valence-corrected chi connectivity index (χ3v) is 5.97. The van der Waals surface area contributed by atoms with Gasteiger partial charge in [0, 0.05) is 42.8 Å². The van der Waals surface area contributed by atoms with Crippen LogP contribution in [-0.2, 0) is 13.0 Å². The van der Waals surface area contributed by atoms with Gasteiger partial charge >= 0.3 is 0 Å². The molecular formula is C20H19N5O2S. The highest BCUT2D eigenvalue weighted by Crippen LogP contribution is 2.34. The number of anilines is 3. The molecule has 3 aromatic rings. The molecule has 142 valence electrons. The van der Waals surface area contributed by atoms with Crippen LogP contribution < -0.4 is 10.2 Å². The summed E-state index contributed by atoms with van der Waals surface area (Å²) in [5.41, 5.74) is 3.56.